The fourth-order valence-corrected chi connectivity index (χ4v) is 3.36. The third-order valence-electron chi connectivity index (χ3n) is 4.59. The molecule has 0 saturated heterocycles. The van der Waals surface area contributed by atoms with Crippen LogP contribution < -0.4 is 9.80 Å². The van der Waals surface area contributed by atoms with Crippen LogP contribution in [-0.2, 0) is 14.3 Å². The molecule has 0 spiro atoms. The number of carbonyl (C=O) groups excluding carboxylic acids is 2. The van der Waals surface area contributed by atoms with Gasteiger partial charge in [-0.25, -0.2) is 9.18 Å². The second-order valence-corrected chi connectivity index (χ2v) is 6.82. The van der Waals surface area contributed by atoms with Crippen LogP contribution >= 0.6 is 11.6 Å². The number of hydrogen-bond donors (Lipinski definition) is 0. The van der Waals surface area contributed by atoms with Crippen molar-refractivity contribution in [3.05, 3.63) is 76.3 Å². The van der Waals surface area contributed by atoms with Gasteiger partial charge in [0.05, 0.1) is 16.4 Å². The van der Waals surface area contributed by atoms with E-state index in [0.29, 0.717) is 5.82 Å². The zero-order valence-electron chi connectivity index (χ0n) is 16.2. The summed E-state index contributed by atoms with van der Waals surface area (Å²) in [6.07, 6.45) is 2.14. The van der Waals surface area contributed by atoms with Crippen molar-refractivity contribution in [2.24, 2.45) is 0 Å². The molecular weight excluding hydrogens is 409 g/mol. The Balaban J connectivity index is 1.72. The summed E-state index contributed by atoms with van der Waals surface area (Å²) in [6, 6.07) is 13.5. The van der Waals surface area contributed by atoms with Crippen LogP contribution in [0.5, 0.6) is 0 Å². The highest BCUT2D eigenvalue weighted by atomic mass is 35.5. The standard InChI is InChI=1S/C22H17ClFN3O3/c1-26-18-8-3-4-9-19(18)27(2)22(26)15(12-25)20(28)13-30-21(29)11-10-14-16(23)6-5-7-17(14)24/h3-11H,13H2,1-2H3. The van der Waals surface area contributed by atoms with E-state index in [1.165, 1.54) is 24.3 Å². The number of rotatable bonds is 5. The van der Waals surface area contributed by atoms with Gasteiger partial charge in [0.25, 0.3) is 0 Å². The van der Waals surface area contributed by atoms with Crippen LogP contribution in [0, 0.1) is 17.1 Å². The second-order valence-electron chi connectivity index (χ2n) is 6.42. The van der Waals surface area contributed by atoms with Crippen molar-refractivity contribution in [2.45, 2.75) is 0 Å². The number of ether oxygens (including phenoxy) is 1. The average molecular weight is 426 g/mol. The van der Waals surface area contributed by atoms with Crippen LogP contribution in [0.15, 0.2) is 59.9 Å². The van der Waals surface area contributed by atoms with E-state index in [1.54, 1.807) is 23.9 Å². The molecular formula is C22H17ClFN3O3. The lowest BCUT2D eigenvalue weighted by atomic mass is 10.2. The summed E-state index contributed by atoms with van der Waals surface area (Å²) in [5.74, 6) is -1.70. The number of anilines is 2. The molecule has 0 atom stereocenters. The lowest BCUT2D eigenvalue weighted by Crippen LogP contribution is -2.27. The van der Waals surface area contributed by atoms with Gasteiger partial charge >= 0.3 is 5.97 Å². The average Bonchev–Trinajstić information content (AvgIpc) is 2.98. The third kappa shape index (κ3) is 4.04. The summed E-state index contributed by atoms with van der Waals surface area (Å²) in [5, 5.41) is 9.69. The maximum absolute atomic E-state index is 13.7. The van der Waals surface area contributed by atoms with Gasteiger partial charge in [-0.3, -0.25) is 4.79 Å². The Labute approximate surface area is 178 Å². The largest absolute Gasteiger partial charge is 0.454 e. The molecule has 2 aromatic carbocycles. The van der Waals surface area contributed by atoms with Gasteiger partial charge in [0, 0.05) is 25.7 Å². The summed E-state index contributed by atoms with van der Waals surface area (Å²) in [5.41, 5.74) is 1.59. The highest BCUT2D eigenvalue weighted by Gasteiger charge is 2.31. The van der Waals surface area contributed by atoms with Crippen molar-refractivity contribution in [3.63, 3.8) is 0 Å². The Kier molecular flexibility index (Phi) is 6.19. The Morgan fingerprint density at radius 1 is 1.13 bits per heavy atom. The van der Waals surface area contributed by atoms with Gasteiger partial charge < -0.3 is 14.5 Å². The molecule has 0 aliphatic carbocycles. The lowest BCUT2D eigenvalue weighted by Gasteiger charge is -2.19. The number of nitriles is 1. The number of carbonyl (C=O) groups is 2. The van der Waals surface area contributed by atoms with E-state index in [4.69, 9.17) is 16.3 Å². The molecule has 0 amide bonds. The molecule has 0 aromatic heterocycles. The third-order valence-corrected chi connectivity index (χ3v) is 4.92. The molecule has 8 heteroatoms. The van der Waals surface area contributed by atoms with Crippen molar-refractivity contribution >= 4 is 40.8 Å². The number of para-hydroxylation sites is 2. The van der Waals surface area contributed by atoms with Crippen molar-refractivity contribution in [3.8, 4) is 6.07 Å². The number of Topliss-reactive ketones (excluding diaryl/α,β-unsaturated/α-hetero) is 1. The number of halogens is 2. The molecule has 6 nitrogen and oxygen atoms in total. The van der Waals surface area contributed by atoms with Crippen LogP contribution in [0.2, 0.25) is 5.02 Å². The predicted molar refractivity (Wildman–Crippen MR) is 112 cm³/mol. The minimum atomic E-state index is -0.860. The first kappa shape index (κ1) is 21.1. The molecule has 152 valence electrons. The van der Waals surface area contributed by atoms with E-state index in [1.807, 2.05) is 30.3 Å². The second kappa shape index (κ2) is 8.80. The molecule has 30 heavy (non-hydrogen) atoms. The van der Waals surface area contributed by atoms with Crippen LogP contribution in [0.25, 0.3) is 6.08 Å². The first-order valence-corrected chi connectivity index (χ1v) is 9.26. The van der Waals surface area contributed by atoms with Crippen LogP contribution in [0.3, 0.4) is 0 Å². The van der Waals surface area contributed by atoms with E-state index in [0.717, 1.165) is 17.5 Å². The van der Waals surface area contributed by atoms with Crippen LogP contribution in [0.4, 0.5) is 15.8 Å². The molecule has 0 fully saturated rings. The maximum Gasteiger partial charge on any atom is 0.331 e. The Hall–Kier alpha value is -3.63. The molecule has 0 N–H and O–H groups in total. The van der Waals surface area contributed by atoms with Crippen molar-refractivity contribution in [1.82, 2.24) is 0 Å². The van der Waals surface area contributed by atoms with Crippen LogP contribution in [0.1, 0.15) is 5.56 Å². The fourth-order valence-electron chi connectivity index (χ4n) is 3.14. The fraction of sp³-hybridized carbons (Fsp3) is 0.136. The first-order chi connectivity index (χ1) is 14.3. The van der Waals surface area contributed by atoms with Gasteiger partial charge in [0.15, 0.2) is 6.61 Å². The quantitative estimate of drug-likeness (QED) is 0.410. The highest BCUT2D eigenvalue weighted by Crippen LogP contribution is 2.40. The minimum absolute atomic E-state index is 0.0363. The number of benzene rings is 2. The van der Waals surface area contributed by atoms with Gasteiger partial charge in [-0.1, -0.05) is 29.8 Å². The first-order valence-electron chi connectivity index (χ1n) is 8.88. The number of hydrogen-bond acceptors (Lipinski definition) is 6. The van der Waals surface area contributed by atoms with Gasteiger partial charge in [0.2, 0.25) is 5.78 Å². The smallest absolute Gasteiger partial charge is 0.331 e. The monoisotopic (exact) mass is 425 g/mol. The molecule has 3 rings (SSSR count). The summed E-state index contributed by atoms with van der Waals surface area (Å²) in [6.45, 7) is -0.626. The summed E-state index contributed by atoms with van der Waals surface area (Å²) in [4.78, 5) is 28.0. The zero-order valence-corrected chi connectivity index (χ0v) is 17.0. The molecule has 1 aliphatic rings. The van der Waals surface area contributed by atoms with Gasteiger partial charge in [-0.15, -0.1) is 0 Å². The van der Waals surface area contributed by atoms with Gasteiger partial charge in [0.1, 0.15) is 23.3 Å². The molecule has 0 saturated carbocycles. The summed E-state index contributed by atoms with van der Waals surface area (Å²) in [7, 11) is 3.49. The zero-order chi connectivity index (χ0) is 21.8. The number of ketones is 1. The highest BCUT2D eigenvalue weighted by molar-refractivity contribution is 6.32. The molecule has 0 unspecified atom stereocenters. The van der Waals surface area contributed by atoms with Crippen molar-refractivity contribution in [2.75, 3.05) is 30.5 Å². The molecule has 1 aliphatic heterocycles. The normalized spacial score (nSPS) is 12.7. The number of esters is 1. The van der Waals surface area contributed by atoms with E-state index < -0.39 is 24.2 Å². The molecule has 0 bridgehead atoms. The van der Waals surface area contributed by atoms with Gasteiger partial charge in [-0.2, -0.15) is 5.26 Å². The summed E-state index contributed by atoms with van der Waals surface area (Å²) >= 11 is 5.89. The van der Waals surface area contributed by atoms with Gasteiger partial charge in [-0.05, 0) is 30.3 Å². The Bertz CT molecular complexity index is 1070. The topological polar surface area (TPSA) is 73.6 Å². The van der Waals surface area contributed by atoms with E-state index in [2.05, 4.69) is 0 Å². The van der Waals surface area contributed by atoms with E-state index >= 15 is 0 Å². The maximum atomic E-state index is 13.7. The molecule has 2 aromatic rings. The predicted octanol–water partition coefficient (Wildman–Crippen LogP) is 3.93. The molecule has 0 radical (unpaired) electrons. The lowest BCUT2D eigenvalue weighted by molar-refractivity contribution is -0.141. The Morgan fingerprint density at radius 3 is 2.33 bits per heavy atom. The van der Waals surface area contributed by atoms with Crippen LogP contribution in [-0.4, -0.2) is 32.5 Å². The number of fused-ring (bicyclic) bond motifs is 1. The molecule has 1 heterocycles. The van der Waals surface area contributed by atoms with Crippen molar-refractivity contribution in [1.29, 1.82) is 5.26 Å². The SMILES string of the molecule is CN1C(=C(C#N)C(=O)COC(=O)C=Cc2c(F)cccc2Cl)N(C)c2ccccc21. The summed E-state index contributed by atoms with van der Waals surface area (Å²) < 4.78 is 18.7. The van der Waals surface area contributed by atoms with E-state index in [-0.39, 0.29) is 16.2 Å². The van der Waals surface area contributed by atoms with E-state index in [9.17, 15) is 19.2 Å². The minimum Gasteiger partial charge on any atom is -0.454 e. The number of nitrogens with zero attached hydrogens (tertiary/aromatic N) is 3. The van der Waals surface area contributed by atoms with Crippen molar-refractivity contribution < 1.29 is 18.7 Å². The Morgan fingerprint density at radius 2 is 1.77 bits per heavy atom.